The highest BCUT2D eigenvalue weighted by molar-refractivity contribution is 6.21. The van der Waals surface area contributed by atoms with Crippen LogP contribution < -0.4 is 5.32 Å². The molecule has 1 amide bonds. The molecule has 3 nitrogen and oxygen atoms in total. The van der Waals surface area contributed by atoms with Gasteiger partial charge in [-0.15, -0.1) is 0 Å². The molecule has 0 atom stereocenters. The Morgan fingerprint density at radius 2 is 1.83 bits per heavy atom. The molecule has 0 fully saturated rings. The molecule has 120 valence electrons. The van der Waals surface area contributed by atoms with E-state index in [0.717, 1.165) is 24.0 Å². The molecule has 1 aliphatic heterocycles. The molecule has 0 aliphatic carbocycles. The van der Waals surface area contributed by atoms with E-state index in [1.165, 1.54) is 27.9 Å². The van der Waals surface area contributed by atoms with Gasteiger partial charge in [-0.25, -0.2) is 0 Å². The van der Waals surface area contributed by atoms with E-state index in [1.54, 1.807) is 0 Å². The van der Waals surface area contributed by atoms with E-state index in [0.29, 0.717) is 6.54 Å². The van der Waals surface area contributed by atoms with E-state index >= 15 is 0 Å². The first-order valence-electron chi connectivity index (χ1n) is 8.31. The lowest BCUT2D eigenvalue weighted by atomic mass is 9.84. The third-order valence-electron chi connectivity index (χ3n) is 4.84. The van der Waals surface area contributed by atoms with Gasteiger partial charge in [-0.05, 0) is 67.1 Å². The predicted molar refractivity (Wildman–Crippen MR) is 94.7 cm³/mol. The molecule has 0 unspecified atom stereocenters. The number of amides is 1. The van der Waals surface area contributed by atoms with Crippen molar-refractivity contribution < 1.29 is 4.79 Å². The fourth-order valence-corrected chi connectivity index (χ4v) is 3.53. The van der Waals surface area contributed by atoms with Gasteiger partial charge < -0.3 is 9.88 Å². The summed E-state index contributed by atoms with van der Waals surface area (Å²) < 4.78 is 2.15. The van der Waals surface area contributed by atoms with Crippen LogP contribution in [0.5, 0.6) is 0 Å². The minimum absolute atomic E-state index is 0.0516. The van der Waals surface area contributed by atoms with Gasteiger partial charge in [0.1, 0.15) is 0 Å². The Bertz CT molecular complexity index is 783. The van der Waals surface area contributed by atoms with Gasteiger partial charge in [0.05, 0.1) is 5.69 Å². The molecule has 0 saturated carbocycles. The molecule has 23 heavy (non-hydrogen) atoms. The lowest BCUT2D eigenvalue weighted by molar-refractivity contribution is -0.116. The second-order valence-corrected chi connectivity index (χ2v) is 6.26. The van der Waals surface area contributed by atoms with Crippen LogP contribution in [0.2, 0.25) is 0 Å². The van der Waals surface area contributed by atoms with E-state index in [1.807, 2.05) is 12.1 Å². The highest BCUT2D eigenvalue weighted by Gasteiger charge is 2.27. The van der Waals surface area contributed by atoms with Crippen molar-refractivity contribution in [1.82, 2.24) is 9.88 Å². The zero-order valence-corrected chi connectivity index (χ0v) is 14.4. The first-order valence-corrected chi connectivity index (χ1v) is 8.31. The highest BCUT2D eigenvalue weighted by atomic mass is 16.1. The number of carbonyl (C=O) groups is 1. The van der Waals surface area contributed by atoms with Gasteiger partial charge >= 0.3 is 0 Å². The van der Waals surface area contributed by atoms with Crippen molar-refractivity contribution in [3.63, 3.8) is 0 Å². The third kappa shape index (κ3) is 2.50. The van der Waals surface area contributed by atoms with Crippen molar-refractivity contribution in [3.8, 4) is 5.69 Å². The molecule has 1 aromatic heterocycles. The molecule has 1 N–H and O–H groups in total. The molecule has 1 aliphatic rings. The largest absolute Gasteiger partial charge is 0.348 e. The summed E-state index contributed by atoms with van der Waals surface area (Å²) in [5.41, 5.74) is 8.17. The van der Waals surface area contributed by atoms with E-state index in [4.69, 9.17) is 0 Å². The van der Waals surface area contributed by atoms with Crippen molar-refractivity contribution in [2.24, 2.45) is 0 Å². The number of nitrogens with zero attached hydrogens (tertiary/aromatic N) is 1. The Morgan fingerprint density at radius 1 is 1.13 bits per heavy atom. The molecule has 3 heteroatoms. The molecule has 0 spiro atoms. The van der Waals surface area contributed by atoms with Crippen molar-refractivity contribution in [2.45, 2.75) is 47.1 Å². The quantitative estimate of drug-likeness (QED) is 0.847. The third-order valence-corrected chi connectivity index (χ3v) is 4.84. The van der Waals surface area contributed by atoms with Crippen molar-refractivity contribution in [3.05, 3.63) is 58.4 Å². The molecular weight excluding hydrogens is 284 g/mol. The number of unbranched alkanes of at least 4 members (excludes halogenated alkanes) is 1. The van der Waals surface area contributed by atoms with Crippen molar-refractivity contribution in [1.29, 1.82) is 0 Å². The van der Waals surface area contributed by atoms with Crippen molar-refractivity contribution in [2.75, 3.05) is 0 Å². The second kappa shape index (κ2) is 6.07. The first-order chi connectivity index (χ1) is 11.1. The van der Waals surface area contributed by atoms with Crippen LogP contribution in [0.1, 0.15) is 47.6 Å². The van der Waals surface area contributed by atoms with Crippen molar-refractivity contribution >= 4 is 11.5 Å². The van der Waals surface area contributed by atoms with Gasteiger partial charge in [0.15, 0.2) is 0 Å². The van der Waals surface area contributed by atoms with Crippen LogP contribution in [0, 0.1) is 20.8 Å². The Hall–Kier alpha value is -2.29. The Balaban J connectivity index is 2.31. The molecule has 3 rings (SSSR count). The summed E-state index contributed by atoms with van der Waals surface area (Å²) in [6.07, 6.45) is 8.20. The predicted octanol–water partition coefficient (Wildman–Crippen LogP) is 4.22. The molecular formula is C20H24N2O. The Kier molecular flexibility index (Phi) is 4.12. The highest BCUT2D eigenvalue weighted by Crippen LogP contribution is 2.36. The zero-order chi connectivity index (χ0) is 16.6. The topological polar surface area (TPSA) is 34.0 Å². The molecule has 1 aromatic carbocycles. The fraction of sp³-hybridized carbons (Fsp3) is 0.350. The van der Waals surface area contributed by atoms with Crippen LogP contribution >= 0.6 is 0 Å². The average molecular weight is 308 g/mol. The van der Waals surface area contributed by atoms with E-state index in [-0.39, 0.29) is 5.91 Å². The van der Waals surface area contributed by atoms with Gasteiger partial charge in [-0.2, -0.15) is 0 Å². The number of fused-ring (bicyclic) bond motifs is 1. The van der Waals surface area contributed by atoms with Crippen LogP contribution in [0.15, 0.2) is 30.6 Å². The van der Waals surface area contributed by atoms with Crippen LogP contribution in [0.3, 0.4) is 0 Å². The number of allylic oxidation sites excluding steroid dienone is 1. The SMILES string of the molecule is CCC/C=C1\C(=O)NCc2c(C)c(C)c(-n3cccc3)c(C)c21. The van der Waals surface area contributed by atoms with Crippen LogP contribution in [0.25, 0.3) is 11.3 Å². The number of rotatable bonds is 3. The van der Waals surface area contributed by atoms with E-state index in [2.05, 4.69) is 56.0 Å². The summed E-state index contributed by atoms with van der Waals surface area (Å²) in [5, 5.41) is 3.03. The lowest BCUT2D eigenvalue weighted by Crippen LogP contribution is -2.31. The Morgan fingerprint density at radius 3 is 2.48 bits per heavy atom. The fourth-order valence-electron chi connectivity index (χ4n) is 3.53. The molecule has 0 bridgehead atoms. The van der Waals surface area contributed by atoms with Gasteiger partial charge in [-0.1, -0.05) is 19.4 Å². The summed E-state index contributed by atoms with van der Waals surface area (Å²) in [4.78, 5) is 12.4. The summed E-state index contributed by atoms with van der Waals surface area (Å²) >= 11 is 0. The first kappa shape index (κ1) is 15.6. The van der Waals surface area contributed by atoms with E-state index < -0.39 is 0 Å². The molecule has 0 radical (unpaired) electrons. The smallest absolute Gasteiger partial charge is 0.251 e. The number of hydrogen-bond acceptors (Lipinski definition) is 1. The average Bonchev–Trinajstić information content (AvgIpc) is 3.05. The summed E-state index contributed by atoms with van der Waals surface area (Å²) in [6, 6.07) is 4.07. The summed E-state index contributed by atoms with van der Waals surface area (Å²) in [7, 11) is 0. The minimum Gasteiger partial charge on any atom is -0.348 e. The van der Waals surface area contributed by atoms with Gasteiger partial charge in [0, 0.05) is 24.5 Å². The summed E-state index contributed by atoms with van der Waals surface area (Å²) in [5.74, 6) is 0.0516. The second-order valence-electron chi connectivity index (χ2n) is 6.26. The monoisotopic (exact) mass is 308 g/mol. The Labute approximate surface area is 138 Å². The maximum Gasteiger partial charge on any atom is 0.251 e. The van der Waals surface area contributed by atoms with Gasteiger partial charge in [0.25, 0.3) is 5.91 Å². The maximum atomic E-state index is 12.4. The van der Waals surface area contributed by atoms with Crippen LogP contribution in [-0.4, -0.2) is 10.5 Å². The summed E-state index contributed by atoms with van der Waals surface area (Å²) in [6.45, 7) is 9.23. The number of benzene rings is 1. The number of nitrogens with one attached hydrogen (secondary N) is 1. The number of aromatic nitrogens is 1. The molecule has 2 heterocycles. The van der Waals surface area contributed by atoms with Gasteiger partial charge in [-0.3, -0.25) is 4.79 Å². The standard InChI is InChI=1S/C20H24N2O/c1-5-6-9-16-18-15(4)19(22-10-7-8-11-22)14(3)13(2)17(18)12-21-20(16)23/h7-11H,5-6,12H2,1-4H3,(H,21,23)/b16-9-. The van der Waals surface area contributed by atoms with Gasteiger partial charge in [0.2, 0.25) is 0 Å². The lowest BCUT2D eigenvalue weighted by Gasteiger charge is -2.28. The number of carbonyl (C=O) groups excluding carboxylic acids is 1. The van der Waals surface area contributed by atoms with Crippen LogP contribution in [-0.2, 0) is 11.3 Å². The maximum absolute atomic E-state index is 12.4. The van der Waals surface area contributed by atoms with E-state index in [9.17, 15) is 4.79 Å². The minimum atomic E-state index is 0.0516. The molecule has 0 saturated heterocycles. The molecule has 2 aromatic rings. The number of hydrogen-bond donors (Lipinski definition) is 1. The van der Waals surface area contributed by atoms with Crippen LogP contribution in [0.4, 0.5) is 0 Å². The normalized spacial score (nSPS) is 15.7. The zero-order valence-electron chi connectivity index (χ0n) is 14.4.